The summed E-state index contributed by atoms with van der Waals surface area (Å²) in [4.78, 5) is 10.8. The van der Waals surface area contributed by atoms with Gasteiger partial charge in [-0.2, -0.15) is 0 Å². The van der Waals surface area contributed by atoms with Crippen LogP contribution in [0.2, 0.25) is 0 Å². The number of ether oxygens (including phenoxy) is 1. The van der Waals surface area contributed by atoms with Crippen molar-refractivity contribution in [3.05, 3.63) is 0 Å². The summed E-state index contributed by atoms with van der Waals surface area (Å²) in [6.45, 7) is 6.43. The monoisotopic (exact) mass is 174 g/mol. The first kappa shape index (κ1) is 11.4. The predicted molar refractivity (Wildman–Crippen MR) is 48.0 cm³/mol. The number of nitrogens with one attached hydrogen (secondary N) is 2. The van der Waals surface area contributed by atoms with Crippen LogP contribution in [0.15, 0.2) is 0 Å². The Balaban J connectivity index is 0.000000561. The molecule has 0 bridgehead atoms. The first-order valence-corrected chi connectivity index (χ1v) is 4.36. The van der Waals surface area contributed by atoms with E-state index in [2.05, 4.69) is 15.4 Å². The maximum absolute atomic E-state index is 10.8. The highest BCUT2D eigenvalue weighted by Gasteiger charge is 2.19. The Labute approximate surface area is 73.7 Å². The van der Waals surface area contributed by atoms with E-state index in [4.69, 9.17) is 0 Å². The van der Waals surface area contributed by atoms with Crippen LogP contribution in [0.25, 0.3) is 0 Å². The van der Waals surface area contributed by atoms with Crippen LogP contribution in [0.5, 0.6) is 0 Å². The second-order valence-electron chi connectivity index (χ2n) is 2.23. The molecule has 12 heavy (non-hydrogen) atoms. The van der Waals surface area contributed by atoms with Crippen molar-refractivity contribution >= 4 is 5.97 Å². The largest absolute Gasteiger partial charge is 0.468 e. The van der Waals surface area contributed by atoms with Gasteiger partial charge in [0.05, 0.1) is 7.11 Å². The molecule has 0 spiro atoms. The number of hydrogen-bond acceptors (Lipinski definition) is 4. The van der Waals surface area contributed by atoms with Crippen LogP contribution < -0.4 is 10.6 Å². The average Bonchev–Trinajstić information content (AvgIpc) is 2.21. The molecule has 0 amide bonds. The van der Waals surface area contributed by atoms with Crippen LogP contribution in [0.4, 0.5) is 0 Å². The Bertz CT molecular complexity index is 122. The van der Waals surface area contributed by atoms with Gasteiger partial charge in [0.2, 0.25) is 0 Å². The van der Waals surface area contributed by atoms with Gasteiger partial charge in [0, 0.05) is 19.6 Å². The SMILES string of the molecule is CC.COC(=O)C1CNCCN1. The number of methoxy groups -OCH3 is 1. The lowest BCUT2D eigenvalue weighted by Crippen LogP contribution is -2.52. The smallest absolute Gasteiger partial charge is 0.324 e. The number of rotatable bonds is 1. The van der Waals surface area contributed by atoms with E-state index in [1.54, 1.807) is 0 Å². The molecule has 1 aliphatic heterocycles. The van der Waals surface area contributed by atoms with E-state index in [0.29, 0.717) is 6.54 Å². The fourth-order valence-electron chi connectivity index (χ4n) is 0.962. The molecule has 0 aromatic heterocycles. The molecule has 72 valence electrons. The Morgan fingerprint density at radius 2 is 2.08 bits per heavy atom. The zero-order valence-corrected chi connectivity index (χ0v) is 8.02. The van der Waals surface area contributed by atoms with Crippen molar-refractivity contribution < 1.29 is 9.53 Å². The van der Waals surface area contributed by atoms with E-state index in [1.165, 1.54) is 7.11 Å². The Morgan fingerprint density at radius 1 is 1.42 bits per heavy atom. The third-order valence-electron chi connectivity index (χ3n) is 1.53. The van der Waals surface area contributed by atoms with Gasteiger partial charge in [-0.05, 0) is 0 Å². The molecule has 0 aromatic carbocycles. The number of hydrogen-bond donors (Lipinski definition) is 2. The van der Waals surface area contributed by atoms with E-state index in [9.17, 15) is 4.79 Å². The second-order valence-corrected chi connectivity index (χ2v) is 2.23. The molecular formula is C8H18N2O2. The summed E-state index contributed by atoms with van der Waals surface area (Å²) in [5.74, 6) is -0.188. The molecule has 1 heterocycles. The summed E-state index contributed by atoms with van der Waals surface area (Å²) in [5, 5.41) is 6.12. The van der Waals surface area contributed by atoms with Gasteiger partial charge in [-0.3, -0.25) is 4.79 Å². The number of piperazine rings is 1. The molecule has 1 aliphatic rings. The minimum atomic E-state index is -0.188. The third kappa shape index (κ3) is 3.69. The molecule has 0 saturated carbocycles. The maximum Gasteiger partial charge on any atom is 0.324 e. The Morgan fingerprint density at radius 3 is 2.50 bits per heavy atom. The van der Waals surface area contributed by atoms with Gasteiger partial charge >= 0.3 is 5.97 Å². The average molecular weight is 174 g/mol. The maximum atomic E-state index is 10.8. The highest BCUT2D eigenvalue weighted by atomic mass is 16.5. The standard InChI is InChI=1S/C6H12N2O2.C2H6/c1-10-6(9)5-4-7-2-3-8-5;1-2/h5,7-8H,2-4H2,1H3;1-2H3. The lowest BCUT2D eigenvalue weighted by molar-refractivity contribution is -0.143. The molecule has 0 aliphatic carbocycles. The van der Waals surface area contributed by atoms with Crippen molar-refractivity contribution in [2.75, 3.05) is 26.7 Å². The number of carbonyl (C=O) groups excluding carboxylic acids is 1. The molecule has 0 radical (unpaired) electrons. The fraction of sp³-hybridized carbons (Fsp3) is 0.875. The molecule has 4 heteroatoms. The van der Waals surface area contributed by atoms with Gasteiger partial charge < -0.3 is 15.4 Å². The van der Waals surface area contributed by atoms with Crippen molar-refractivity contribution in [1.82, 2.24) is 10.6 Å². The molecule has 0 aromatic rings. The first-order chi connectivity index (χ1) is 5.84. The zero-order valence-electron chi connectivity index (χ0n) is 8.02. The van der Waals surface area contributed by atoms with Gasteiger partial charge in [0.15, 0.2) is 0 Å². The van der Waals surface area contributed by atoms with E-state index in [-0.39, 0.29) is 12.0 Å². The molecule has 1 rings (SSSR count). The van der Waals surface area contributed by atoms with Crippen molar-refractivity contribution in [3.8, 4) is 0 Å². The molecule has 1 fully saturated rings. The summed E-state index contributed by atoms with van der Waals surface area (Å²) >= 11 is 0. The summed E-state index contributed by atoms with van der Waals surface area (Å²) in [7, 11) is 1.40. The minimum absolute atomic E-state index is 0.154. The van der Waals surface area contributed by atoms with Gasteiger partial charge in [-0.25, -0.2) is 0 Å². The lowest BCUT2D eigenvalue weighted by Gasteiger charge is -2.21. The van der Waals surface area contributed by atoms with Gasteiger partial charge in [-0.1, -0.05) is 13.8 Å². The molecule has 1 unspecified atom stereocenters. The summed E-state index contributed by atoms with van der Waals surface area (Å²) in [5.41, 5.74) is 0. The fourth-order valence-corrected chi connectivity index (χ4v) is 0.962. The second kappa shape index (κ2) is 7.06. The topological polar surface area (TPSA) is 50.4 Å². The molecule has 1 saturated heterocycles. The van der Waals surface area contributed by atoms with Crippen molar-refractivity contribution in [2.24, 2.45) is 0 Å². The van der Waals surface area contributed by atoms with Crippen LogP contribution in [0, 0.1) is 0 Å². The predicted octanol–water partition coefficient (Wildman–Crippen LogP) is -0.253. The van der Waals surface area contributed by atoms with Crippen LogP contribution >= 0.6 is 0 Å². The Kier molecular flexibility index (Phi) is 6.70. The molecule has 2 N–H and O–H groups in total. The van der Waals surface area contributed by atoms with Crippen LogP contribution in [-0.2, 0) is 9.53 Å². The lowest BCUT2D eigenvalue weighted by atomic mass is 10.2. The van der Waals surface area contributed by atoms with E-state index < -0.39 is 0 Å². The van der Waals surface area contributed by atoms with Gasteiger partial charge in [-0.15, -0.1) is 0 Å². The summed E-state index contributed by atoms with van der Waals surface area (Å²) < 4.78 is 4.55. The van der Waals surface area contributed by atoms with Crippen molar-refractivity contribution in [3.63, 3.8) is 0 Å². The normalized spacial score (nSPS) is 22.1. The quantitative estimate of drug-likeness (QED) is 0.538. The highest BCUT2D eigenvalue weighted by molar-refractivity contribution is 5.76. The first-order valence-electron chi connectivity index (χ1n) is 4.36. The van der Waals surface area contributed by atoms with Gasteiger partial charge in [0.25, 0.3) is 0 Å². The van der Waals surface area contributed by atoms with Crippen molar-refractivity contribution in [1.29, 1.82) is 0 Å². The minimum Gasteiger partial charge on any atom is -0.468 e. The number of esters is 1. The van der Waals surface area contributed by atoms with E-state index in [1.807, 2.05) is 13.8 Å². The Hall–Kier alpha value is -0.610. The van der Waals surface area contributed by atoms with Crippen molar-refractivity contribution in [2.45, 2.75) is 19.9 Å². The zero-order chi connectivity index (χ0) is 9.40. The van der Waals surface area contributed by atoms with Gasteiger partial charge in [0.1, 0.15) is 6.04 Å². The van der Waals surface area contributed by atoms with E-state index >= 15 is 0 Å². The summed E-state index contributed by atoms with van der Waals surface area (Å²) in [6.07, 6.45) is 0. The molecule has 4 nitrogen and oxygen atoms in total. The molecular weight excluding hydrogens is 156 g/mol. The highest BCUT2D eigenvalue weighted by Crippen LogP contribution is 1.88. The van der Waals surface area contributed by atoms with Crippen LogP contribution in [0.3, 0.4) is 0 Å². The van der Waals surface area contributed by atoms with E-state index in [0.717, 1.165) is 13.1 Å². The third-order valence-corrected chi connectivity index (χ3v) is 1.53. The summed E-state index contributed by atoms with van der Waals surface area (Å²) in [6, 6.07) is -0.154. The van der Waals surface area contributed by atoms with Crippen LogP contribution in [0.1, 0.15) is 13.8 Å². The number of carbonyl (C=O) groups is 1. The molecule has 1 atom stereocenters. The van der Waals surface area contributed by atoms with Crippen LogP contribution in [-0.4, -0.2) is 38.8 Å².